The molecular weight excluding hydrogens is 384 g/mol. The van der Waals surface area contributed by atoms with Gasteiger partial charge in [0.15, 0.2) is 5.82 Å². The van der Waals surface area contributed by atoms with Gasteiger partial charge in [-0.3, -0.25) is 9.78 Å². The lowest BCUT2D eigenvalue weighted by Crippen LogP contribution is -2.40. The van der Waals surface area contributed by atoms with Crippen LogP contribution in [0.2, 0.25) is 0 Å². The smallest absolute Gasteiger partial charge is 0.274 e. The predicted octanol–water partition coefficient (Wildman–Crippen LogP) is 0.280. The monoisotopic (exact) mass is 406 g/mol. The fourth-order valence-electron chi connectivity index (χ4n) is 4.35. The molecule has 1 saturated heterocycles. The third-order valence-corrected chi connectivity index (χ3v) is 7.08. The summed E-state index contributed by atoms with van der Waals surface area (Å²) in [5.41, 5.74) is -0.289. The normalized spacial score (nSPS) is 27.1. The number of hydrogen-bond donors (Lipinski definition) is 1. The number of fused-ring (bicyclic) bond motifs is 1. The molecule has 2 aromatic heterocycles. The van der Waals surface area contributed by atoms with E-state index < -0.39 is 15.4 Å². The van der Waals surface area contributed by atoms with Gasteiger partial charge in [0, 0.05) is 31.5 Å². The molecule has 0 aromatic carbocycles. The van der Waals surface area contributed by atoms with Crippen molar-refractivity contribution in [3.8, 4) is 0 Å². The highest BCUT2D eigenvalue weighted by molar-refractivity contribution is 7.89. The summed E-state index contributed by atoms with van der Waals surface area (Å²) in [6, 6.07) is -0.226. The zero-order valence-corrected chi connectivity index (χ0v) is 16.5. The third-order valence-electron chi connectivity index (χ3n) is 5.62. The Morgan fingerprint density at radius 3 is 2.89 bits per heavy atom. The van der Waals surface area contributed by atoms with E-state index in [0.29, 0.717) is 37.6 Å². The van der Waals surface area contributed by atoms with Gasteiger partial charge in [0.25, 0.3) is 5.91 Å². The number of nitrogens with one attached hydrogen (secondary N) is 1. The molecule has 4 rings (SSSR count). The molecule has 3 unspecified atom stereocenters. The van der Waals surface area contributed by atoms with Crippen molar-refractivity contribution in [1.29, 1.82) is 0 Å². The van der Waals surface area contributed by atoms with Gasteiger partial charge in [-0.05, 0) is 32.6 Å². The highest BCUT2D eigenvalue weighted by Gasteiger charge is 2.58. The van der Waals surface area contributed by atoms with Gasteiger partial charge in [0.2, 0.25) is 15.9 Å². The molecule has 1 N–H and O–H groups in total. The molecule has 28 heavy (non-hydrogen) atoms. The standard InChI is InChI=1S/C17H22N6O4S/c1-3-28(25,26)22-13-6-12-9-23(15(24)14-8-18-4-5-19-14)10-17(12,7-13)16-20-11(2)21-27-16/h4-5,8,12-13,22H,3,6-7,9-10H2,1-2H3. The van der Waals surface area contributed by atoms with E-state index in [1.165, 1.54) is 18.6 Å². The molecular formula is C17H22N6O4S. The van der Waals surface area contributed by atoms with Gasteiger partial charge in [-0.15, -0.1) is 0 Å². The number of amides is 1. The van der Waals surface area contributed by atoms with Crippen LogP contribution in [0.5, 0.6) is 0 Å². The minimum atomic E-state index is -3.33. The van der Waals surface area contributed by atoms with E-state index in [0.717, 1.165) is 0 Å². The second kappa shape index (κ2) is 6.89. The largest absolute Gasteiger partial charge is 0.339 e. The van der Waals surface area contributed by atoms with E-state index in [1.54, 1.807) is 18.7 Å². The van der Waals surface area contributed by atoms with Crippen molar-refractivity contribution in [2.24, 2.45) is 5.92 Å². The number of rotatable bonds is 5. The van der Waals surface area contributed by atoms with Crippen molar-refractivity contribution in [2.45, 2.75) is 38.1 Å². The molecule has 2 fully saturated rings. The van der Waals surface area contributed by atoms with Gasteiger partial charge in [-0.25, -0.2) is 18.1 Å². The average Bonchev–Trinajstić information content (AvgIpc) is 3.34. The lowest BCUT2D eigenvalue weighted by molar-refractivity contribution is 0.0767. The van der Waals surface area contributed by atoms with Crippen molar-refractivity contribution in [2.75, 3.05) is 18.8 Å². The van der Waals surface area contributed by atoms with Crippen molar-refractivity contribution in [3.63, 3.8) is 0 Å². The number of aryl methyl sites for hydroxylation is 1. The molecule has 1 amide bonds. The summed E-state index contributed by atoms with van der Waals surface area (Å²) >= 11 is 0. The molecule has 150 valence electrons. The summed E-state index contributed by atoms with van der Waals surface area (Å²) in [4.78, 5) is 27.1. The Labute approximate surface area is 162 Å². The van der Waals surface area contributed by atoms with Gasteiger partial charge < -0.3 is 9.42 Å². The first-order valence-electron chi connectivity index (χ1n) is 9.19. The number of nitrogens with zero attached hydrogens (tertiary/aromatic N) is 5. The fourth-order valence-corrected chi connectivity index (χ4v) is 5.21. The first-order valence-corrected chi connectivity index (χ1v) is 10.8. The zero-order chi connectivity index (χ0) is 19.9. The molecule has 2 aromatic rings. The van der Waals surface area contributed by atoms with Crippen molar-refractivity contribution >= 4 is 15.9 Å². The average molecular weight is 406 g/mol. The van der Waals surface area contributed by atoms with Crippen molar-refractivity contribution in [3.05, 3.63) is 36.0 Å². The number of carbonyl (C=O) groups is 1. The lowest BCUT2D eigenvalue weighted by Gasteiger charge is -2.25. The highest BCUT2D eigenvalue weighted by atomic mass is 32.2. The van der Waals surface area contributed by atoms with Gasteiger partial charge >= 0.3 is 0 Å². The van der Waals surface area contributed by atoms with Crippen LogP contribution >= 0.6 is 0 Å². The first-order chi connectivity index (χ1) is 13.3. The predicted molar refractivity (Wildman–Crippen MR) is 97.8 cm³/mol. The summed E-state index contributed by atoms with van der Waals surface area (Å²) < 4.78 is 32.3. The van der Waals surface area contributed by atoms with Gasteiger partial charge in [-0.1, -0.05) is 5.16 Å². The van der Waals surface area contributed by atoms with Crippen LogP contribution in [0.4, 0.5) is 0 Å². The van der Waals surface area contributed by atoms with Crippen LogP contribution in [-0.4, -0.2) is 64.2 Å². The molecule has 11 heteroatoms. The van der Waals surface area contributed by atoms with Crippen LogP contribution < -0.4 is 4.72 Å². The van der Waals surface area contributed by atoms with Crippen LogP contribution in [0.3, 0.4) is 0 Å². The Bertz CT molecular complexity index is 979. The molecule has 1 aliphatic carbocycles. The highest BCUT2D eigenvalue weighted by Crippen LogP contribution is 2.50. The number of likely N-dealkylation sites (tertiary alicyclic amines) is 1. The summed E-state index contributed by atoms with van der Waals surface area (Å²) in [5.74, 6) is 0.807. The summed E-state index contributed by atoms with van der Waals surface area (Å²) in [7, 11) is -3.33. The summed E-state index contributed by atoms with van der Waals surface area (Å²) in [5, 5.41) is 3.91. The number of aromatic nitrogens is 4. The van der Waals surface area contributed by atoms with Crippen LogP contribution in [0, 0.1) is 12.8 Å². The SMILES string of the molecule is CCS(=O)(=O)NC1CC2CN(C(=O)c3cnccn3)CC2(c2nc(C)no2)C1. The molecule has 0 bridgehead atoms. The second-order valence-corrected chi connectivity index (χ2v) is 9.48. The molecule has 10 nitrogen and oxygen atoms in total. The molecule has 2 aliphatic rings. The summed E-state index contributed by atoms with van der Waals surface area (Å²) in [6.07, 6.45) is 5.55. The first kappa shape index (κ1) is 18.9. The van der Waals surface area contributed by atoms with Crippen LogP contribution in [0.25, 0.3) is 0 Å². The Kier molecular flexibility index (Phi) is 4.66. The minimum absolute atomic E-state index is 0.0116. The number of carbonyl (C=O) groups excluding carboxylic acids is 1. The van der Waals surface area contributed by atoms with Crippen molar-refractivity contribution < 1.29 is 17.7 Å². The molecule has 0 radical (unpaired) electrons. The van der Waals surface area contributed by atoms with E-state index in [-0.39, 0.29) is 29.3 Å². The van der Waals surface area contributed by atoms with Gasteiger partial charge in [0.05, 0.1) is 17.4 Å². The van der Waals surface area contributed by atoms with Crippen LogP contribution in [0.1, 0.15) is 42.0 Å². The van der Waals surface area contributed by atoms with E-state index in [1.807, 2.05) is 0 Å². The van der Waals surface area contributed by atoms with E-state index in [9.17, 15) is 13.2 Å². The van der Waals surface area contributed by atoms with E-state index in [4.69, 9.17) is 4.52 Å². The molecule has 1 aliphatic heterocycles. The topological polar surface area (TPSA) is 131 Å². The number of sulfonamides is 1. The van der Waals surface area contributed by atoms with Gasteiger partial charge in [0.1, 0.15) is 5.69 Å². The second-order valence-electron chi connectivity index (χ2n) is 7.43. The minimum Gasteiger partial charge on any atom is -0.339 e. The zero-order valence-electron chi connectivity index (χ0n) is 15.7. The molecule has 1 saturated carbocycles. The lowest BCUT2D eigenvalue weighted by atomic mass is 9.80. The molecule has 3 heterocycles. The van der Waals surface area contributed by atoms with Crippen LogP contribution in [-0.2, 0) is 15.4 Å². The maximum atomic E-state index is 12.9. The molecule has 3 atom stereocenters. The van der Waals surface area contributed by atoms with Gasteiger partial charge in [-0.2, -0.15) is 4.98 Å². The fraction of sp³-hybridized carbons (Fsp3) is 0.588. The van der Waals surface area contributed by atoms with Crippen molar-refractivity contribution in [1.82, 2.24) is 29.7 Å². The van der Waals surface area contributed by atoms with E-state index in [2.05, 4.69) is 24.8 Å². The molecule has 0 spiro atoms. The summed E-state index contributed by atoms with van der Waals surface area (Å²) in [6.45, 7) is 4.19. The van der Waals surface area contributed by atoms with E-state index >= 15 is 0 Å². The van der Waals surface area contributed by atoms with Crippen LogP contribution in [0.15, 0.2) is 23.1 Å². The Morgan fingerprint density at radius 2 is 2.25 bits per heavy atom. The quantitative estimate of drug-likeness (QED) is 0.749. The maximum Gasteiger partial charge on any atom is 0.274 e. The Hall–Kier alpha value is -2.40. The third kappa shape index (κ3) is 3.28. The maximum absolute atomic E-state index is 12.9. The Morgan fingerprint density at radius 1 is 1.43 bits per heavy atom. The Balaban J connectivity index is 1.62. The number of hydrogen-bond acceptors (Lipinski definition) is 8.